The number of rotatable bonds is 5. The highest BCUT2D eigenvalue weighted by molar-refractivity contribution is 7.91. The number of pyridine rings is 1. The lowest BCUT2D eigenvalue weighted by molar-refractivity contribution is 0.0770. The fraction of sp³-hybridized carbons (Fsp3) is 0.429. The van der Waals surface area contributed by atoms with E-state index in [4.69, 9.17) is 11.6 Å². The Bertz CT molecular complexity index is 973. The molecule has 6 nitrogen and oxygen atoms in total. The summed E-state index contributed by atoms with van der Waals surface area (Å²) in [5.41, 5.74) is 1.86. The van der Waals surface area contributed by atoms with Crippen LogP contribution in [0.3, 0.4) is 0 Å². The van der Waals surface area contributed by atoms with E-state index in [-0.39, 0.29) is 35.9 Å². The van der Waals surface area contributed by atoms with Crippen LogP contribution in [0.5, 0.6) is 0 Å². The summed E-state index contributed by atoms with van der Waals surface area (Å²) < 4.78 is 23.1. The first-order valence-corrected chi connectivity index (χ1v) is 12.0. The SMILES string of the molecule is O=C(c1ccc(NCC2(c3ccc(Cl)cc3)CCC2)nc1)N1CCS(=O)(=O)CC1. The van der Waals surface area contributed by atoms with Gasteiger partial charge in [0.05, 0.1) is 17.1 Å². The first-order valence-electron chi connectivity index (χ1n) is 9.83. The average Bonchev–Trinajstić information content (AvgIpc) is 2.68. The quantitative estimate of drug-likeness (QED) is 0.783. The maximum absolute atomic E-state index is 12.6. The maximum atomic E-state index is 12.6. The van der Waals surface area contributed by atoms with Gasteiger partial charge in [0, 0.05) is 36.3 Å². The number of anilines is 1. The summed E-state index contributed by atoms with van der Waals surface area (Å²) in [5, 5.41) is 4.15. The van der Waals surface area contributed by atoms with Crippen LogP contribution in [0.4, 0.5) is 5.82 Å². The monoisotopic (exact) mass is 433 g/mol. The van der Waals surface area contributed by atoms with Crippen LogP contribution < -0.4 is 5.32 Å². The number of nitrogens with one attached hydrogen (secondary N) is 1. The molecule has 8 heteroatoms. The van der Waals surface area contributed by atoms with E-state index in [1.807, 2.05) is 18.2 Å². The van der Waals surface area contributed by atoms with Crippen LogP contribution >= 0.6 is 11.6 Å². The predicted octanol–water partition coefficient (Wildman–Crippen LogP) is 3.14. The fourth-order valence-electron chi connectivity index (χ4n) is 3.96. The van der Waals surface area contributed by atoms with Crippen molar-refractivity contribution < 1.29 is 13.2 Å². The van der Waals surface area contributed by atoms with Crippen LogP contribution in [0.25, 0.3) is 0 Å². The van der Waals surface area contributed by atoms with Crippen molar-refractivity contribution in [2.75, 3.05) is 36.5 Å². The van der Waals surface area contributed by atoms with Crippen LogP contribution in [0.1, 0.15) is 35.2 Å². The molecule has 1 aliphatic heterocycles. The predicted molar refractivity (Wildman–Crippen MR) is 114 cm³/mol. The largest absolute Gasteiger partial charge is 0.369 e. The second-order valence-electron chi connectivity index (χ2n) is 7.87. The highest BCUT2D eigenvalue weighted by atomic mass is 35.5. The Morgan fingerprint density at radius 2 is 1.79 bits per heavy atom. The first kappa shape index (κ1) is 20.2. The molecule has 1 aliphatic carbocycles. The number of halogens is 1. The number of nitrogens with zero attached hydrogens (tertiary/aromatic N) is 2. The Morgan fingerprint density at radius 3 is 2.34 bits per heavy atom. The summed E-state index contributed by atoms with van der Waals surface area (Å²) in [6.45, 7) is 1.26. The van der Waals surface area contributed by atoms with Crippen molar-refractivity contribution in [3.05, 3.63) is 58.7 Å². The van der Waals surface area contributed by atoms with Gasteiger partial charge in [0.15, 0.2) is 9.84 Å². The molecule has 2 fully saturated rings. The van der Waals surface area contributed by atoms with Crippen molar-refractivity contribution in [3.8, 4) is 0 Å². The van der Waals surface area contributed by atoms with E-state index in [0.29, 0.717) is 5.56 Å². The molecule has 1 aromatic carbocycles. The molecular formula is C21H24ClN3O3S. The van der Waals surface area contributed by atoms with Crippen LogP contribution in [0, 0.1) is 0 Å². The second kappa shape index (κ2) is 7.95. The highest BCUT2D eigenvalue weighted by Gasteiger charge is 2.38. The molecule has 1 aromatic heterocycles. The average molecular weight is 434 g/mol. The van der Waals surface area contributed by atoms with E-state index in [0.717, 1.165) is 30.2 Å². The number of carbonyl (C=O) groups excluding carboxylic acids is 1. The molecule has 0 radical (unpaired) electrons. The van der Waals surface area contributed by atoms with Gasteiger partial charge in [-0.1, -0.05) is 30.2 Å². The molecule has 154 valence electrons. The molecule has 29 heavy (non-hydrogen) atoms. The molecule has 0 atom stereocenters. The van der Waals surface area contributed by atoms with Gasteiger partial charge in [0.2, 0.25) is 0 Å². The Balaban J connectivity index is 1.38. The van der Waals surface area contributed by atoms with Gasteiger partial charge in [-0.3, -0.25) is 4.79 Å². The van der Waals surface area contributed by atoms with Crippen LogP contribution in [-0.4, -0.2) is 55.3 Å². The number of hydrogen-bond donors (Lipinski definition) is 1. The molecule has 0 unspecified atom stereocenters. The lowest BCUT2D eigenvalue weighted by Gasteiger charge is -2.42. The van der Waals surface area contributed by atoms with Crippen molar-refractivity contribution >= 4 is 33.2 Å². The van der Waals surface area contributed by atoms with E-state index >= 15 is 0 Å². The van der Waals surface area contributed by atoms with E-state index < -0.39 is 9.84 Å². The molecule has 1 saturated heterocycles. The minimum absolute atomic E-state index is 0.0264. The van der Waals surface area contributed by atoms with E-state index in [1.165, 1.54) is 12.0 Å². The third kappa shape index (κ3) is 4.41. The molecule has 1 amide bonds. The topological polar surface area (TPSA) is 79.4 Å². The third-order valence-corrected chi connectivity index (χ3v) is 7.88. The zero-order valence-electron chi connectivity index (χ0n) is 16.1. The Hall–Kier alpha value is -2.12. The van der Waals surface area contributed by atoms with Gasteiger partial charge in [0.25, 0.3) is 5.91 Å². The van der Waals surface area contributed by atoms with Gasteiger partial charge in [0.1, 0.15) is 5.82 Å². The summed E-state index contributed by atoms with van der Waals surface area (Å²) in [4.78, 5) is 18.5. The number of carbonyl (C=O) groups is 1. The van der Waals surface area contributed by atoms with E-state index in [2.05, 4.69) is 22.4 Å². The van der Waals surface area contributed by atoms with Gasteiger partial charge in [-0.2, -0.15) is 0 Å². The van der Waals surface area contributed by atoms with Crippen LogP contribution in [0.15, 0.2) is 42.6 Å². The lowest BCUT2D eigenvalue weighted by Crippen LogP contribution is -2.43. The summed E-state index contributed by atoms with van der Waals surface area (Å²) in [6, 6.07) is 11.6. The smallest absolute Gasteiger partial charge is 0.255 e. The molecule has 2 aromatic rings. The van der Waals surface area contributed by atoms with Gasteiger partial charge < -0.3 is 10.2 Å². The zero-order chi connectivity index (χ0) is 20.5. The molecule has 1 N–H and O–H groups in total. The lowest BCUT2D eigenvalue weighted by atomic mass is 9.64. The molecule has 2 aliphatic rings. The summed E-state index contributed by atoms with van der Waals surface area (Å²) in [6.07, 6.45) is 5.01. The Kier molecular flexibility index (Phi) is 5.53. The second-order valence-corrected chi connectivity index (χ2v) is 10.6. The Morgan fingerprint density at radius 1 is 1.10 bits per heavy atom. The first-order chi connectivity index (χ1) is 13.9. The molecule has 4 rings (SSSR count). The summed E-state index contributed by atoms with van der Waals surface area (Å²) in [5.74, 6) is 0.607. The van der Waals surface area contributed by atoms with Gasteiger partial charge in [-0.05, 0) is 42.7 Å². The van der Waals surface area contributed by atoms with Gasteiger partial charge >= 0.3 is 0 Å². The standard InChI is InChI=1S/C21H24ClN3O3S/c22-18-5-3-17(4-6-18)21(8-1-9-21)15-24-19-7-2-16(14-23-19)20(26)25-10-12-29(27,28)13-11-25/h2-7,14H,1,8-13,15H2,(H,23,24). The van der Waals surface area contributed by atoms with E-state index in [9.17, 15) is 13.2 Å². The molecule has 2 heterocycles. The van der Waals surface area contributed by atoms with Crippen molar-refractivity contribution in [2.45, 2.75) is 24.7 Å². The maximum Gasteiger partial charge on any atom is 0.255 e. The summed E-state index contributed by atoms with van der Waals surface area (Å²) in [7, 11) is -3.01. The summed E-state index contributed by atoms with van der Waals surface area (Å²) >= 11 is 6.02. The van der Waals surface area contributed by atoms with Crippen molar-refractivity contribution in [1.29, 1.82) is 0 Å². The van der Waals surface area contributed by atoms with Crippen LogP contribution in [0.2, 0.25) is 5.02 Å². The minimum Gasteiger partial charge on any atom is -0.369 e. The Labute approximate surface area is 176 Å². The number of sulfone groups is 1. The van der Waals surface area contributed by atoms with Gasteiger partial charge in [-0.25, -0.2) is 13.4 Å². The number of benzene rings is 1. The van der Waals surface area contributed by atoms with Crippen molar-refractivity contribution in [3.63, 3.8) is 0 Å². The molecule has 1 saturated carbocycles. The zero-order valence-corrected chi connectivity index (χ0v) is 17.7. The normalized spacial score (nSPS) is 20.0. The van der Waals surface area contributed by atoms with Crippen molar-refractivity contribution in [1.82, 2.24) is 9.88 Å². The van der Waals surface area contributed by atoms with Gasteiger partial charge in [-0.15, -0.1) is 0 Å². The van der Waals surface area contributed by atoms with E-state index in [1.54, 1.807) is 17.2 Å². The number of aromatic nitrogens is 1. The minimum atomic E-state index is -3.01. The number of hydrogen-bond acceptors (Lipinski definition) is 5. The third-order valence-electron chi connectivity index (χ3n) is 6.02. The molecule has 0 spiro atoms. The molecule has 0 bridgehead atoms. The fourth-order valence-corrected chi connectivity index (χ4v) is 5.28. The molecular weight excluding hydrogens is 410 g/mol. The van der Waals surface area contributed by atoms with Crippen molar-refractivity contribution in [2.24, 2.45) is 0 Å². The van der Waals surface area contributed by atoms with Crippen LogP contribution in [-0.2, 0) is 15.3 Å². The highest BCUT2D eigenvalue weighted by Crippen LogP contribution is 2.44. The number of amides is 1.